The van der Waals surface area contributed by atoms with Crippen molar-refractivity contribution < 1.29 is 4.79 Å². The van der Waals surface area contributed by atoms with E-state index in [4.69, 9.17) is 28.5 Å². The number of rotatable bonds is 5. The summed E-state index contributed by atoms with van der Waals surface area (Å²) in [6.45, 7) is 2.70. The van der Waals surface area contributed by atoms with Crippen LogP contribution in [0.15, 0.2) is 28.7 Å². The highest BCUT2D eigenvalue weighted by molar-refractivity contribution is 9.10. The topological polar surface area (TPSA) is 45.8 Å². The summed E-state index contributed by atoms with van der Waals surface area (Å²) in [5.74, 6) is -0.150. The third kappa shape index (κ3) is 3.38. The van der Waals surface area contributed by atoms with Crippen molar-refractivity contribution >= 4 is 44.9 Å². The van der Waals surface area contributed by atoms with E-state index in [2.05, 4.69) is 22.0 Å². The molecule has 2 rings (SSSR count). The fraction of sp³-hybridized carbons (Fsp3) is 0.250. The van der Waals surface area contributed by atoms with Gasteiger partial charge in [0.1, 0.15) is 5.69 Å². The van der Waals surface area contributed by atoms with Gasteiger partial charge < -0.3 is 4.57 Å². The number of carbonyl (C=O) groups excluding carboxylic acids is 1. The van der Waals surface area contributed by atoms with Crippen LogP contribution in [0.25, 0.3) is 0 Å². The van der Waals surface area contributed by atoms with E-state index >= 15 is 0 Å². The summed E-state index contributed by atoms with van der Waals surface area (Å²) in [5.41, 5.74) is 1.82. The van der Waals surface area contributed by atoms with Gasteiger partial charge in [-0.15, -0.1) is 0 Å². The van der Waals surface area contributed by atoms with Crippen molar-refractivity contribution in [2.45, 2.75) is 26.3 Å². The van der Waals surface area contributed by atoms with Crippen molar-refractivity contribution in [2.75, 3.05) is 0 Å². The fourth-order valence-corrected chi connectivity index (χ4v) is 3.23. The average Bonchev–Trinajstić information content (AvgIpc) is 2.78. The minimum Gasteiger partial charge on any atom is -0.340 e. The van der Waals surface area contributed by atoms with Crippen LogP contribution in [0.5, 0.6) is 0 Å². The molecular formula is C16H13BrCl2N2O. The maximum atomic E-state index is 12.8. The lowest BCUT2D eigenvalue weighted by molar-refractivity contribution is 0.102. The highest BCUT2D eigenvalue weighted by atomic mass is 79.9. The Morgan fingerprint density at radius 2 is 2.05 bits per heavy atom. The van der Waals surface area contributed by atoms with Crippen LogP contribution in [0, 0.1) is 11.3 Å². The molecule has 0 aliphatic heterocycles. The van der Waals surface area contributed by atoms with Crippen LogP contribution in [-0.2, 0) is 13.0 Å². The molecule has 1 aromatic heterocycles. The van der Waals surface area contributed by atoms with E-state index in [0.717, 1.165) is 12.1 Å². The van der Waals surface area contributed by atoms with Crippen molar-refractivity contribution in [1.29, 1.82) is 5.26 Å². The zero-order valence-corrected chi connectivity index (χ0v) is 15.0. The van der Waals surface area contributed by atoms with Gasteiger partial charge >= 0.3 is 0 Å². The molecule has 0 radical (unpaired) electrons. The quantitative estimate of drug-likeness (QED) is 0.643. The van der Waals surface area contributed by atoms with Crippen LogP contribution in [0.1, 0.15) is 35.1 Å². The predicted octanol–water partition coefficient (Wildman–Crippen LogP) is 5.26. The summed E-state index contributed by atoms with van der Waals surface area (Å²) in [6.07, 6.45) is 1.12. The highest BCUT2D eigenvalue weighted by Gasteiger charge is 2.21. The molecule has 1 aromatic carbocycles. The van der Waals surface area contributed by atoms with E-state index in [1.807, 2.05) is 17.6 Å². The Morgan fingerprint density at radius 3 is 2.64 bits per heavy atom. The standard InChI is InChI=1S/C16H13BrCl2N2O/c1-2-7-21-11(5-6-20)9-12(17)15(21)16(22)10-3-4-13(18)14(19)8-10/h3-4,8-9H,2,5,7H2,1H3. The van der Waals surface area contributed by atoms with E-state index in [1.165, 1.54) is 0 Å². The number of nitriles is 1. The lowest BCUT2D eigenvalue weighted by Crippen LogP contribution is -2.13. The van der Waals surface area contributed by atoms with Crippen LogP contribution in [0.3, 0.4) is 0 Å². The molecule has 0 fully saturated rings. The molecule has 0 aliphatic carbocycles. The third-order valence-electron chi connectivity index (χ3n) is 3.24. The second-order valence-electron chi connectivity index (χ2n) is 4.78. The monoisotopic (exact) mass is 398 g/mol. The molecular weight excluding hydrogens is 387 g/mol. The molecule has 0 saturated carbocycles. The molecule has 0 aliphatic rings. The number of carbonyl (C=O) groups is 1. The number of hydrogen-bond donors (Lipinski definition) is 0. The van der Waals surface area contributed by atoms with Gasteiger partial charge in [-0.2, -0.15) is 5.26 Å². The highest BCUT2D eigenvalue weighted by Crippen LogP contribution is 2.28. The lowest BCUT2D eigenvalue weighted by Gasteiger charge is -2.11. The van der Waals surface area contributed by atoms with Crippen LogP contribution < -0.4 is 0 Å². The summed E-state index contributed by atoms with van der Waals surface area (Å²) in [7, 11) is 0. The first-order valence-electron chi connectivity index (χ1n) is 6.74. The van der Waals surface area contributed by atoms with Gasteiger partial charge in [0.25, 0.3) is 0 Å². The number of hydrogen-bond acceptors (Lipinski definition) is 2. The van der Waals surface area contributed by atoms with Crippen LogP contribution >= 0.6 is 39.1 Å². The molecule has 22 heavy (non-hydrogen) atoms. The normalized spacial score (nSPS) is 10.5. The molecule has 0 spiro atoms. The van der Waals surface area contributed by atoms with Gasteiger partial charge in [0.15, 0.2) is 0 Å². The maximum Gasteiger partial charge on any atom is 0.210 e. The second-order valence-corrected chi connectivity index (χ2v) is 6.45. The number of ketones is 1. The van der Waals surface area contributed by atoms with E-state index in [1.54, 1.807) is 18.2 Å². The van der Waals surface area contributed by atoms with Crippen molar-refractivity contribution in [3.05, 3.63) is 55.7 Å². The van der Waals surface area contributed by atoms with Crippen LogP contribution in [0.4, 0.5) is 0 Å². The van der Waals surface area contributed by atoms with E-state index < -0.39 is 0 Å². The van der Waals surface area contributed by atoms with Gasteiger partial charge in [-0.25, -0.2) is 0 Å². The van der Waals surface area contributed by atoms with Crippen molar-refractivity contribution in [3.8, 4) is 6.07 Å². The Bertz CT molecular complexity index is 762. The minimum atomic E-state index is -0.150. The first kappa shape index (κ1) is 17.1. The molecule has 0 unspecified atom stereocenters. The first-order chi connectivity index (χ1) is 10.5. The number of aromatic nitrogens is 1. The predicted molar refractivity (Wildman–Crippen MR) is 91.6 cm³/mol. The molecule has 0 saturated heterocycles. The molecule has 0 N–H and O–H groups in total. The minimum absolute atomic E-state index is 0.150. The van der Waals surface area contributed by atoms with Gasteiger partial charge in [-0.3, -0.25) is 4.79 Å². The van der Waals surface area contributed by atoms with Crippen LogP contribution in [-0.4, -0.2) is 10.4 Å². The van der Waals surface area contributed by atoms with Gasteiger partial charge in [0.05, 0.1) is 22.5 Å². The molecule has 3 nitrogen and oxygen atoms in total. The van der Waals surface area contributed by atoms with E-state index in [9.17, 15) is 4.79 Å². The largest absolute Gasteiger partial charge is 0.340 e. The number of halogens is 3. The van der Waals surface area contributed by atoms with Crippen molar-refractivity contribution in [1.82, 2.24) is 4.57 Å². The second kappa shape index (κ2) is 7.32. The molecule has 0 amide bonds. The Balaban J connectivity index is 2.52. The van der Waals surface area contributed by atoms with E-state index in [-0.39, 0.29) is 12.2 Å². The Morgan fingerprint density at radius 1 is 1.32 bits per heavy atom. The Labute approximate surface area is 147 Å². The van der Waals surface area contributed by atoms with Crippen molar-refractivity contribution in [3.63, 3.8) is 0 Å². The summed E-state index contributed by atoms with van der Waals surface area (Å²) in [6, 6.07) is 8.77. The van der Waals surface area contributed by atoms with E-state index in [0.29, 0.717) is 32.3 Å². The summed E-state index contributed by atoms with van der Waals surface area (Å²) in [5, 5.41) is 9.69. The SMILES string of the molecule is CCCn1c(CC#N)cc(Br)c1C(=O)c1ccc(Cl)c(Cl)c1. The molecule has 114 valence electrons. The Kier molecular flexibility index (Phi) is 5.69. The number of benzene rings is 1. The Hall–Kier alpha value is -1.28. The summed E-state index contributed by atoms with van der Waals surface area (Å²) < 4.78 is 2.57. The summed E-state index contributed by atoms with van der Waals surface area (Å²) >= 11 is 15.3. The third-order valence-corrected chi connectivity index (χ3v) is 4.58. The van der Waals surface area contributed by atoms with Gasteiger partial charge in [0.2, 0.25) is 5.78 Å². The number of nitrogens with zero attached hydrogens (tertiary/aromatic N) is 2. The smallest absolute Gasteiger partial charge is 0.210 e. The van der Waals surface area contributed by atoms with Gasteiger partial charge in [-0.1, -0.05) is 30.1 Å². The molecule has 0 atom stereocenters. The zero-order valence-electron chi connectivity index (χ0n) is 11.9. The van der Waals surface area contributed by atoms with Gasteiger partial charge in [0, 0.05) is 22.3 Å². The van der Waals surface area contributed by atoms with Gasteiger partial charge in [-0.05, 0) is 46.6 Å². The zero-order chi connectivity index (χ0) is 16.3. The molecule has 1 heterocycles. The van der Waals surface area contributed by atoms with Crippen molar-refractivity contribution in [2.24, 2.45) is 0 Å². The lowest BCUT2D eigenvalue weighted by atomic mass is 10.1. The molecule has 2 aromatic rings. The molecule has 6 heteroatoms. The summed E-state index contributed by atoms with van der Waals surface area (Å²) in [4.78, 5) is 12.8. The maximum absolute atomic E-state index is 12.8. The fourth-order valence-electron chi connectivity index (χ4n) is 2.28. The molecule has 0 bridgehead atoms. The average molecular weight is 400 g/mol. The van der Waals surface area contributed by atoms with Crippen LogP contribution in [0.2, 0.25) is 10.0 Å². The first-order valence-corrected chi connectivity index (χ1v) is 8.29.